The molecule has 2 atom stereocenters. The lowest BCUT2D eigenvalue weighted by molar-refractivity contribution is -0.143. The summed E-state index contributed by atoms with van der Waals surface area (Å²) < 4.78 is 5.54. The van der Waals surface area contributed by atoms with Crippen LogP contribution in [0.15, 0.2) is 91.0 Å². The second-order valence-corrected chi connectivity index (χ2v) is 9.03. The van der Waals surface area contributed by atoms with E-state index in [1.54, 1.807) is 6.92 Å². The Hall–Kier alpha value is -4.13. The Kier molecular flexibility index (Phi) is 8.00. The predicted molar refractivity (Wildman–Crippen MR) is 137 cm³/mol. The van der Waals surface area contributed by atoms with Crippen molar-refractivity contribution < 1.29 is 19.1 Å². The monoisotopic (exact) mass is 485 g/mol. The molecule has 7 heteroatoms. The van der Waals surface area contributed by atoms with E-state index in [-0.39, 0.29) is 18.4 Å². The van der Waals surface area contributed by atoms with E-state index in [0.29, 0.717) is 25.9 Å². The Morgan fingerprint density at radius 3 is 1.97 bits per heavy atom. The fourth-order valence-corrected chi connectivity index (χ4v) is 4.33. The topological polar surface area (TPSA) is 87.7 Å². The van der Waals surface area contributed by atoms with Crippen molar-refractivity contribution in [3.05, 3.63) is 108 Å². The van der Waals surface area contributed by atoms with Crippen LogP contribution in [0.1, 0.15) is 30.0 Å². The lowest BCUT2D eigenvalue weighted by atomic mass is 9.78. The van der Waals surface area contributed by atoms with E-state index >= 15 is 0 Å². The molecule has 3 aromatic rings. The molecule has 3 aromatic carbocycles. The Morgan fingerprint density at radius 1 is 0.861 bits per heavy atom. The van der Waals surface area contributed by atoms with Gasteiger partial charge in [0.2, 0.25) is 11.8 Å². The first kappa shape index (κ1) is 25.0. The third-order valence-electron chi connectivity index (χ3n) is 6.50. The smallest absolute Gasteiger partial charge is 0.411 e. The number of carbonyl (C=O) groups excluding carboxylic acids is 3. The molecular weight excluding hydrogens is 454 g/mol. The zero-order valence-electron chi connectivity index (χ0n) is 20.4. The number of ether oxygens (including phenoxy) is 1. The largest absolute Gasteiger partial charge is 0.445 e. The first-order valence-electron chi connectivity index (χ1n) is 12.1. The molecule has 36 heavy (non-hydrogen) atoms. The van der Waals surface area contributed by atoms with E-state index in [2.05, 4.69) is 10.6 Å². The first-order valence-corrected chi connectivity index (χ1v) is 12.1. The third kappa shape index (κ3) is 5.92. The molecule has 1 fully saturated rings. The maximum absolute atomic E-state index is 13.6. The second kappa shape index (κ2) is 11.5. The molecule has 1 aliphatic rings. The highest BCUT2D eigenvalue weighted by molar-refractivity contribution is 5.95. The van der Waals surface area contributed by atoms with Crippen LogP contribution in [-0.4, -0.2) is 40.9 Å². The highest BCUT2D eigenvalue weighted by atomic mass is 16.6. The van der Waals surface area contributed by atoms with Crippen LogP contribution < -0.4 is 10.6 Å². The van der Waals surface area contributed by atoms with E-state index in [1.807, 2.05) is 91.0 Å². The van der Waals surface area contributed by atoms with Gasteiger partial charge in [0.25, 0.3) is 0 Å². The van der Waals surface area contributed by atoms with E-state index in [0.717, 1.165) is 16.7 Å². The normalized spacial score (nSPS) is 17.4. The summed E-state index contributed by atoms with van der Waals surface area (Å²) in [6, 6.07) is 27.8. The van der Waals surface area contributed by atoms with Crippen molar-refractivity contribution in [3.63, 3.8) is 0 Å². The zero-order chi connectivity index (χ0) is 25.4. The molecule has 0 saturated carbocycles. The average molecular weight is 486 g/mol. The molecular formula is C29H31N3O4. The van der Waals surface area contributed by atoms with Gasteiger partial charge in [-0.15, -0.1) is 0 Å². The van der Waals surface area contributed by atoms with Gasteiger partial charge in [-0.1, -0.05) is 91.0 Å². The van der Waals surface area contributed by atoms with Gasteiger partial charge in [-0.05, 0) is 30.0 Å². The SMILES string of the molecule is C[C@H](NC(=O)[C@@]1(Cc2ccccc2)CCN1C(=O)OCc1ccccc1)C(=O)NCc1ccccc1. The van der Waals surface area contributed by atoms with Gasteiger partial charge in [0.05, 0.1) is 0 Å². The van der Waals surface area contributed by atoms with Gasteiger partial charge in [0, 0.05) is 19.5 Å². The summed E-state index contributed by atoms with van der Waals surface area (Å²) in [4.78, 5) is 40.8. The van der Waals surface area contributed by atoms with Gasteiger partial charge >= 0.3 is 6.09 Å². The van der Waals surface area contributed by atoms with Gasteiger partial charge in [0.1, 0.15) is 18.2 Å². The van der Waals surface area contributed by atoms with Crippen LogP contribution in [0.2, 0.25) is 0 Å². The van der Waals surface area contributed by atoms with Crippen LogP contribution in [0.4, 0.5) is 4.79 Å². The number of hydrogen-bond donors (Lipinski definition) is 2. The van der Waals surface area contributed by atoms with Gasteiger partial charge in [-0.25, -0.2) is 4.79 Å². The molecule has 7 nitrogen and oxygen atoms in total. The Morgan fingerprint density at radius 2 is 1.42 bits per heavy atom. The summed E-state index contributed by atoms with van der Waals surface area (Å²) in [7, 11) is 0. The maximum atomic E-state index is 13.6. The summed E-state index contributed by atoms with van der Waals surface area (Å²) in [5.74, 6) is -0.656. The minimum absolute atomic E-state index is 0.123. The van der Waals surface area contributed by atoms with Gasteiger partial charge in [-0.3, -0.25) is 14.5 Å². The van der Waals surface area contributed by atoms with E-state index < -0.39 is 17.7 Å². The van der Waals surface area contributed by atoms with E-state index in [4.69, 9.17) is 4.74 Å². The van der Waals surface area contributed by atoms with Crippen molar-refractivity contribution >= 4 is 17.9 Å². The Labute approximate surface area is 211 Å². The van der Waals surface area contributed by atoms with Crippen molar-refractivity contribution in [2.45, 2.75) is 44.5 Å². The number of hydrogen-bond acceptors (Lipinski definition) is 4. The molecule has 4 rings (SSSR count). The summed E-state index contributed by atoms with van der Waals surface area (Å²) >= 11 is 0. The van der Waals surface area contributed by atoms with Crippen LogP contribution in [0.3, 0.4) is 0 Å². The highest BCUT2D eigenvalue weighted by Gasteiger charge is 2.54. The third-order valence-corrected chi connectivity index (χ3v) is 6.50. The number of nitrogens with one attached hydrogen (secondary N) is 2. The molecule has 0 aromatic heterocycles. The van der Waals surface area contributed by atoms with Crippen molar-refractivity contribution in [3.8, 4) is 0 Å². The summed E-state index contributed by atoms with van der Waals surface area (Å²) in [5, 5.41) is 5.69. The molecule has 0 radical (unpaired) electrons. The summed E-state index contributed by atoms with van der Waals surface area (Å²) in [6.07, 6.45) is 0.266. The van der Waals surface area contributed by atoms with Crippen LogP contribution in [0, 0.1) is 0 Å². The lowest BCUT2D eigenvalue weighted by Gasteiger charge is -2.50. The fraction of sp³-hybridized carbons (Fsp3) is 0.276. The molecule has 1 saturated heterocycles. The number of nitrogens with zero attached hydrogens (tertiary/aromatic N) is 1. The second-order valence-electron chi connectivity index (χ2n) is 9.03. The fourth-order valence-electron chi connectivity index (χ4n) is 4.33. The molecule has 186 valence electrons. The Balaban J connectivity index is 1.44. The predicted octanol–water partition coefficient (Wildman–Crippen LogP) is 3.83. The highest BCUT2D eigenvalue weighted by Crippen LogP contribution is 2.35. The number of amides is 3. The van der Waals surface area contributed by atoms with Crippen LogP contribution in [0.5, 0.6) is 0 Å². The first-order chi connectivity index (χ1) is 17.5. The molecule has 0 bridgehead atoms. The quantitative estimate of drug-likeness (QED) is 0.482. The van der Waals surface area contributed by atoms with Crippen LogP contribution in [-0.2, 0) is 33.9 Å². The Bertz CT molecular complexity index is 1170. The van der Waals surface area contributed by atoms with Crippen LogP contribution >= 0.6 is 0 Å². The average Bonchev–Trinajstić information content (AvgIpc) is 2.90. The zero-order valence-corrected chi connectivity index (χ0v) is 20.4. The van der Waals surface area contributed by atoms with Gasteiger partial charge in [-0.2, -0.15) is 0 Å². The van der Waals surface area contributed by atoms with E-state index in [1.165, 1.54) is 4.90 Å². The lowest BCUT2D eigenvalue weighted by Crippen LogP contribution is -2.71. The van der Waals surface area contributed by atoms with E-state index in [9.17, 15) is 14.4 Å². The summed E-state index contributed by atoms with van der Waals surface area (Å²) in [5.41, 5.74) is 1.64. The van der Waals surface area contributed by atoms with Crippen molar-refractivity contribution in [2.75, 3.05) is 6.54 Å². The molecule has 2 N–H and O–H groups in total. The molecule has 1 aliphatic heterocycles. The molecule has 3 amide bonds. The van der Waals surface area contributed by atoms with Gasteiger partial charge < -0.3 is 15.4 Å². The number of carbonyl (C=O) groups is 3. The molecule has 0 unspecified atom stereocenters. The van der Waals surface area contributed by atoms with Crippen molar-refractivity contribution in [2.24, 2.45) is 0 Å². The van der Waals surface area contributed by atoms with Gasteiger partial charge in [0.15, 0.2) is 0 Å². The minimum Gasteiger partial charge on any atom is -0.445 e. The molecule has 1 heterocycles. The number of rotatable bonds is 9. The summed E-state index contributed by atoms with van der Waals surface area (Å²) in [6.45, 7) is 2.54. The minimum atomic E-state index is -1.12. The van der Waals surface area contributed by atoms with Crippen molar-refractivity contribution in [1.29, 1.82) is 0 Å². The van der Waals surface area contributed by atoms with Crippen LogP contribution in [0.25, 0.3) is 0 Å². The maximum Gasteiger partial charge on any atom is 0.411 e. The van der Waals surface area contributed by atoms with Crippen molar-refractivity contribution in [1.82, 2.24) is 15.5 Å². The molecule has 0 spiro atoms. The number of benzene rings is 3. The number of likely N-dealkylation sites (tertiary alicyclic amines) is 1. The standard InChI is InChI=1S/C29H31N3O4/c1-22(26(33)30-20-24-13-7-3-8-14-24)31-27(34)29(19-23-11-5-2-6-12-23)17-18-32(29)28(35)36-21-25-15-9-4-10-16-25/h2-16,22H,17-21H2,1H3,(H,30,33)(H,31,34)/t22-,29-/m0/s1. The molecule has 0 aliphatic carbocycles.